The minimum Gasteiger partial charge on any atom is -0.326 e. The molecular formula is C17H28N4O. The summed E-state index contributed by atoms with van der Waals surface area (Å²) in [4.78, 5) is 14.0. The zero-order valence-corrected chi connectivity index (χ0v) is 13.4. The molecule has 5 heteroatoms. The van der Waals surface area contributed by atoms with Crippen molar-refractivity contribution in [2.75, 3.05) is 26.2 Å². The van der Waals surface area contributed by atoms with Gasteiger partial charge in [0.1, 0.15) is 6.04 Å². The second-order valence-electron chi connectivity index (χ2n) is 7.28. The Morgan fingerprint density at radius 1 is 1.23 bits per heavy atom. The van der Waals surface area contributed by atoms with E-state index in [2.05, 4.69) is 16.7 Å². The fourth-order valence-electron chi connectivity index (χ4n) is 4.42. The lowest BCUT2D eigenvalue weighted by Gasteiger charge is -2.43. The van der Waals surface area contributed by atoms with Crippen LogP contribution in [-0.2, 0) is 4.79 Å². The average molecular weight is 304 g/mol. The number of nitriles is 1. The molecule has 1 aliphatic carbocycles. The Labute approximate surface area is 133 Å². The number of hydrogen-bond acceptors (Lipinski definition) is 4. The van der Waals surface area contributed by atoms with Crippen molar-refractivity contribution in [2.24, 2.45) is 5.41 Å². The Bertz CT molecular complexity index is 428. The molecule has 3 rings (SSSR count). The van der Waals surface area contributed by atoms with Crippen molar-refractivity contribution in [3.63, 3.8) is 0 Å². The summed E-state index contributed by atoms with van der Waals surface area (Å²) in [7, 11) is 0. The molecule has 1 atom stereocenters. The van der Waals surface area contributed by atoms with Gasteiger partial charge in [-0.1, -0.05) is 0 Å². The van der Waals surface area contributed by atoms with Crippen LogP contribution in [0.4, 0.5) is 0 Å². The summed E-state index contributed by atoms with van der Waals surface area (Å²) in [5, 5.41) is 16.0. The summed E-state index contributed by atoms with van der Waals surface area (Å²) in [5.74, 6) is 0.103. The maximum Gasteiger partial charge on any atom is 0.237 e. The summed E-state index contributed by atoms with van der Waals surface area (Å²) >= 11 is 0. The molecule has 2 N–H and O–H groups in total. The second-order valence-corrected chi connectivity index (χ2v) is 7.28. The van der Waals surface area contributed by atoms with Crippen molar-refractivity contribution >= 4 is 5.91 Å². The molecule has 1 amide bonds. The molecule has 0 aromatic heterocycles. The highest BCUT2D eigenvalue weighted by Crippen LogP contribution is 2.43. The van der Waals surface area contributed by atoms with Gasteiger partial charge < -0.3 is 15.5 Å². The maximum absolute atomic E-state index is 12.3. The molecule has 2 aliphatic heterocycles. The van der Waals surface area contributed by atoms with Crippen LogP contribution in [0, 0.1) is 16.7 Å². The molecule has 122 valence electrons. The van der Waals surface area contributed by atoms with Crippen LogP contribution in [0.3, 0.4) is 0 Å². The zero-order chi connectivity index (χ0) is 15.4. The van der Waals surface area contributed by atoms with E-state index in [9.17, 15) is 4.79 Å². The number of rotatable bonds is 3. The monoisotopic (exact) mass is 304 g/mol. The maximum atomic E-state index is 12.3. The fourth-order valence-corrected chi connectivity index (χ4v) is 4.42. The van der Waals surface area contributed by atoms with E-state index in [4.69, 9.17) is 5.26 Å². The molecule has 0 bridgehead atoms. The van der Waals surface area contributed by atoms with Gasteiger partial charge in [0.25, 0.3) is 0 Å². The molecule has 2 heterocycles. The Hall–Kier alpha value is -1.12. The smallest absolute Gasteiger partial charge is 0.237 e. The van der Waals surface area contributed by atoms with Crippen LogP contribution in [-0.4, -0.2) is 49.1 Å². The van der Waals surface area contributed by atoms with Crippen LogP contribution >= 0.6 is 0 Å². The Morgan fingerprint density at radius 2 is 1.95 bits per heavy atom. The number of carbonyl (C=O) groups is 1. The number of nitrogens with zero attached hydrogens (tertiary/aromatic N) is 2. The van der Waals surface area contributed by atoms with Crippen LogP contribution in [0.25, 0.3) is 0 Å². The van der Waals surface area contributed by atoms with E-state index in [-0.39, 0.29) is 11.9 Å². The molecule has 1 saturated carbocycles. The van der Waals surface area contributed by atoms with Crippen LogP contribution in [0.5, 0.6) is 0 Å². The third-order valence-corrected chi connectivity index (χ3v) is 5.97. The molecule has 2 saturated heterocycles. The van der Waals surface area contributed by atoms with Crippen molar-refractivity contribution in [2.45, 2.75) is 63.5 Å². The van der Waals surface area contributed by atoms with E-state index >= 15 is 0 Å². The quantitative estimate of drug-likeness (QED) is 0.827. The number of nitrogens with one attached hydrogen (secondary N) is 2. The second kappa shape index (κ2) is 6.97. The molecular weight excluding hydrogens is 276 g/mol. The van der Waals surface area contributed by atoms with Gasteiger partial charge in [-0.25, -0.2) is 0 Å². The lowest BCUT2D eigenvalue weighted by atomic mass is 9.67. The lowest BCUT2D eigenvalue weighted by Crippen LogP contribution is -2.46. The van der Waals surface area contributed by atoms with E-state index in [0.717, 1.165) is 19.4 Å². The Balaban J connectivity index is 1.41. The summed E-state index contributed by atoms with van der Waals surface area (Å²) in [5.41, 5.74) is 0.578. The van der Waals surface area contributed by atoms with Crippen molar-refractivity contribution < 1.29 is 4.79 Å². The van der Waals surface area contributed by atoms with Gasteiger partial charge in [-0.15, -0.1) is 0 Å². The molecule has 0 radical (unpaired) electrons. The van der Waals surface area contributed by atoms with E-state index in [1.807, 2.05) is 0 Å². The normalized spacial score (nSPS) is 28.7. The van der Waals surface area contributed by atoms with Gasteiger partial charge in [0, 0.05) is 12.6 Å². The first kappa shape index (κ1) is 15.8. The largest absolute Gasteiger partial charge is 0.326 e. The highest BCUT2D eigenvalue weighted by molar-refractivity contribution is 5.79. The lowest BCUT2D eigenvalue weighted by molar-refractivity contribution is -0.130. The highest BCUT2D eigenvalue weighted by Gasteiger charge is 2.36. The minimum absolute atomic E-state index is 0.103. The first-order chi connectivity index (χ1) is 10.7. The van der Waals surface area contributed by atoms with Crippen LogP contribution in [0.1, 0.15) is 51.4 Å². The molecule has 0 aromatic rings. The summed E-state index contributed by atoms with van der Waals surface area (Å²) in [6, 6.07) is 2.53. The van der Waals surface area contributed by atoms with Crippen LogP contribution < -0.4 is 10.6 Å². The fraction of sp³-hybridized carbons (Fsp3) is 0.882. The van der Waals surface area contributed by atoms with Crippen LogP contribution in [0.15, 0.2) is 0 Å². The van der Waals surface area contributed by atoms with Crippen LogP contribution in [0.2, 0.25) is 0 Å². The van der Waals surface area contributed by atoms with Crippen molar-refractivity contribution in [1.82, 2.24) is 15.5 Å². The molecule has 3 aliphatic rings. The standard InChI is InChI=1S/C17H28N4O/c18-12-15-2-1-11-21(15)16(22)13-20-14-3-5-17(6-4-14)7-9-19-10-8-17/h14-15,19-20H,1-11,13H2/t15-/m0/s1. The molecule has 5 nitrogen and oxygen atoms in total. The molecule has 0 unspecified atom stereocenters. The summed E-state index contributed by atoms with van der Waals surface area (Å²) in [6.07, 6.45) is 9.40. The van der Waals surface area contributed by atoms with E-state index in [1.165, 1.54) is 51.6 Å². The van der Waals surface area contributed by atoms with Crippen molar-refractivity contribution in [3.8, 4) is 6.07 Å². The van der Waals surface area contributed by atoms with Gasteiger partial charge in [-0.05, 0) is 69.9 Å². The van der Waals surface area contributed by atoms with Gasteiger partial charge in [0.15, 0.2) is 0 Å². The van der Waals surface area contributed by atoms with Gasteiger partial charge in [-0.2, -0.15) is 5.26 Å². The number of hydrogen-bond donors (Lipinski definition) is 2. The zero-order valence-electron chi connectivity index (χ0n) is 13.4. The van der Waals surface area contributed by atoms with E-state index in [0.29, 0.717) is 18.0 Å². The molecule has 3 fully saturated rings. The Kier molecular flexibility index (Phi) is 5.00. The summed E-state index contributed by atoms with van der Waals surface area (Å²) < 4.78 is 0. The van der Waals surface area contributed by atoms with Gasteiger partial charge in [0.2, 0.25) is 5.91 Å². The average Bonchev–Trinajstić information content (AvgIpc) is 3.04. The summed E-state index contributed by atoms with van der Waals surface area (Å²) in [6.45, 7) is 3.49. The third kappa shape index (κ3) is 3.44. The third-order valence-electron chi connectivity index (χ3n) is 5.97. The topological polar surface area (TPSA) is 68.2 Å². The number of piperidine rings is 1. The van der Waals surface area contributed by atoms with E-state index in [1.54, 1.807) is 4.90 Å². The van der Waals surface area contributed by atoms with Gasteiger partial charge >= 0.3 is 0 Å². The number of carbonyl (C=O) groups excluding carboxylic acids is 1. The van der Waals surface area contributed by atoms with Crippen molar-refractivity contribution in [3.05, 3.63) is 0 Å². The predicted octanol–water partition coefficient (Wildman–Crippen LogP) is 1.40. The molecule has 0 aromatic carbocycles. The van der Waals surface area contributed by atoms with E-state index < -0.39 is 0 Å². The number of likely N-dealkylation sites (tertiary alicyclic amines) is 1. The van der Waals surface area contributed by atoms with Gasteiger partial charge in [-0.3, -0.25) is 4.79 Å². The molecule has 22 heavy (non-hydrogen) atoms. The Morgan fingerprint density at radius 3 is 2.64 bits per heavy atom. The molecule has 1 spiro atoms. The number of amides is 1. The first-order valence-electron chi connectivity index (χ1n) is 8.86. The van der Waals surface area contributed by atoms with Gasteiger partial charge in [0.05, 0.1) is 12.6 Å². The minimum atomic E-state index is -0.196. The van der Waals surface area contributed by atoms with Crippen molar-refractivity contribution in [1.29, 1.82) is 5.26 Å². The first-order valence-corrected chi connectivity index (χ1v) is 8.86. The predicted molar refractivity (Wildman–Crippen MR) is 85.1 cm³/mol. The highest BCUT2D eigenvalue weighted by atomic mass is 16.2. The SMILES string of the molecule is N#C[C@@H]1CCCN1C(=O)CNC1CCC2(CCNCC2)CC1.